The SMILES string of the molecule is CCC(C)n1ncn(-c2ccc(N3CCC(=Cc4ccc(OC[C@@H]5CO[C@@](Cn6nccn6)(c6ccc(-c7ccccc7)cc6)O5)cc4)CC3)cc2)c1=O. The van der Waals surface area contributed by atoms with E-state index in [9.17, 15) is 4.79 Å². The van der Waals surface area contributed by atoms with Gasteiger partial charge in [-0.15, -0.1) is 0 Å². The van der Waals surface area contributed by atoms with Crippen molar-refractivity contribution in [1.82, 2.24) is 29.3 Å². The monoisotopic (exact) mass is 723 g/mol. The lowest BCUT2D eigenvalue weighted by atomic mass is 10.00. The number of piperidine rings is 1. The van der Waals surface area contributed by atoms with E-state index in [2.05, 4.69) is 93.9 Å². The normalized spacial score (nSPS) is 19.2. The molecule has 1 unspecified atom stereocenters. The highest BCUT2D eigenvalue weighted by Gasteiger charge is 2.44. The van der Waals surface area contributed by atoms with Gasteiger partial charge in [-0.25, -0.2) is 14.0 Å². The third-order valence-electron chi connectivity index (χ3n) is 10.4. The maximum absolute atomic E-state index is 12.8. The predicted molar refractivity (Wildman–Crippen MR) is 209 cm³/mol. The Morgan fingerprint density at radius 2 is 1.54 bits per heavy atom. The van der Waals surface area contributed by atoms with Gasteiger partial charge in [-0.3, -0.25) is 0 Å². The van der Waals surface area contributed by atoms with E-state index >= 15 is 0 Å². The summed E-state index contributed by atoms with van der Waals surface area (Å²) in [6.45, 7) is 7.01. The minimum Gasteiger partial charge on any atom is -0.491 e. The van der Waals surface area contributed by atoms with Gasteiger partial charge in [0.15, 0.2) is 0 Å². The number of aromatic nitrogens is 6. The summed E-state index contributed by atoms with van der Waals surface area (Å²) in [5.41, 5.74) is 7.65. The largest absolute Gasteiger partial charge is 0.491 e. The number of benzene rings is 4. The molecule has 4 heterocycles. The highest BCUT2D eigenvalue weighted by atomic mass is 16.8. The molecular formula is C43H45N7O4. The molecular weight excluding hydrogens is 679 g/mol. The smallest absolute Gasteiger partial charge is 0.350 e. The second-order valence-electron chi connectivity index (χ2n) is 14.0. The summed E-state index contributed by atoms with van der Waals surface area (Å²) in [6, 6.07) is 35.1. The van der Waals surface area contributed by atoms with Crippen molar-refractivity contribution in [2.24, 2.45) is 0 Å². The summed E-state index contributed by atoms with van der Waals surface area (Å²) < 4.78 is 22.4. The molecule has 0 amide bonds. The van der Waals surface area contributed by atoms with Gasteiger partial charge in [0.1, 0.15) is 31.3 Å². The molecule has 276 valence electrons. The first-order chi connectivity index (χ1) is 26.5. The van der Waals surface area contributed by atoms with Crippen LogP contribution >= 0.6 is 0 Å². The molecule has 2 fully saturated rings. The Labute approximate surface area is 315 Å². The molecule has 0 saturated carbocycles. The Balaban J connectivity index is 0.849. The summed E-state index contributed by atoms with van der Waals surface area (Å²) >= 11 is 0. The molecule has 6 aromatic rings. The van der Waals surface area contributed by atoms with Crippen LogP contribution in [0.3, 0.4) is 0 Å². The molecule has 0 bridgehead atoms. The number of nitrogens with zero attached hydrogens (tertiary/aromatic N) is 7. The first-order valence-electron chi connectivity index (χ1n) is 18.7. The lowest BCUT2D eigenvalue weighted by Gasteiger charge is -2.30. The van der Waals surface area contributed by atoms with Crippen molar-refractivity contribution in [3.8, 4) is 22.6 Å². The van der Waals surface area contributed by atoms with Gasteiger partial charge < -0.3 is 19.1 Å². The topological polar surface area (TPSA) is 101 Å². The zero-order valence-corrected chi connectivity index (χ0v) is 30.7. The van der Waals surface area contributed by atoms with Crippen LogP contribution in [0.15, 0.2) is 132 Å². The Morgan fingerprint density at radius 3 is 2.24 bits per heavy atom. The molecule has 0 N–H and O–H groups in total. The van der Waals surface area contributed by atoms with E-state index < -0.39 is 5.79 Å². The molecule has 2 aromatic heterocycles. The third kappa shape index (κ3) is 7.64. The Kier molecular flexibility index (Phi) is 10.2. The highest BCUT2D eigenvalue weighted by Crippen LogP contribution is 2.37. The first-order valence-corrected chi connectivity index (χ1v) is 18.7. The average Bonchev–Trinajstić information content (AvgIpc) is 3.99. The Morgan fingerprint density at radius 1 is 0.852 bits per heavy atom. The predicted octanol–water partition coefficient (Wildman–Crippen LogP) is 7.29. The van der Waals surface area contributed by atoms with Crippen LogP contribution in [-0.2, 0) is 21.8 Å². The van der Waals surface area contributed by atoms with Crippen LogP contribution in [0.25, 0.3) is 22.9 Å². The van der Waals surface area contributed by atoms with Crippen LogP contribution in [0.1, 0.15) is 50.3 Å². The van der Waals surface area contributed by atoms with Crippen molar-refractivity contribution >= 4 is 11.8 Å². The maximum atomic E-state index is 12.8. The lowest BCUT2D eigenvalue weighted by molar-refractivity contribution is -0.192. The van der Waals surface area contributed by atoms with Crippen LogP contribution in [0, 0.1) is 0 Å². The second-order valence-corrected chi connectivity index (χ2v) is 14.0. The van der Waals surface area contributed by atoms with Gasteiger partial charge in [0.05, 0.1) is 30.7 Å². The molecule has 0 aliphatic carbocycles. The molecule has 54 heavy (non-hydrogen) atoms. The van der Waals surface area contributed by atoms with Gasteiger partial charge in [-0.1, -0.05) is 85.3 Å². The van der Waals surface area contributed by atoms with Crippen molar-refractivity contribution < 1.29 is 14.2 Å². The zero-order chi connectivity index (χ0) is 36.9. The second kappa shape index (κ2) is 15.7. The van der Waals surface area contributed by atoms with E-state index in [1.54, 1.807) is 32.8 Å². The van der Waals surface area contributed by atoms with E-state index in [0.717, 1.165) is 71.7 Å². The number of rotatable bonds is 12. The maximum Gasteiger partial charge on any atom is 0.350 e. The molecule has 2 aliphatic rings. The summed E-state index contributed by atoms with van der Waals surface area (Å²) in [7, 11) is 0. The van der Waals surface area contributed by atoms with E-state index in [1.807, 2.05) is 49.4 Å². The molecule has 2 saturated heterocycles. The summed E-state index contributed by atoms with van der Waals surface area (Å²) in [5, 5.41) is 12.9. The van der Waals surface area contributed by atoms with E-state index in [4.69, 9.17) is 14.2 Å². The number of hydrogen-bond acceptors (Lipinski definition) is 8. The van der Waals surface area contributed by atoms with Crippen molar-refractivity contribution in [3.63, 3.8) is 0 Å². The van der Waals surface area contributed by atoms with Gasteiger partial charge in [0.2, 0.25) is 5.79 Å². The van der Waals surface area contributed by atoms with Gasteiger partial charge in [-0.2, -0.15) is 20.1 Å². The molecule has 0 spiro atoms. The van der Waals surface area contributed by atoms with Crippen LogP contribution < -0.4 is 15.3 Å². The van der Waals surface area contributed by atoms with Crippen molar-refractivity contribution in [1.29, 1.82) is 0 Å². The quantitative estimate of drug-likeness (QED) is 0.130. The fraction of sp³-hybridized carbons (Fsp3) is 0.302. The van der Waals surface area contributed by atoms with Crippen molar-refractivity contribution in [2.75, 3.05) is 31.2 Å². The van der Waals surface area contributed by atoms with E-state index in [-0.39, 0.29) is 17.8 Å². The molecule has 3 atom stereocenters. The van der Waals surface area contributed by atoms with Gasteiger partial charge in [0, 0.05) is 24.3 Å². The van der Waals surface area contributed by atoms with E-state index in [1.165, 1.54) is 5.57 Å². The van der Waals surface area contributed by atoms with Gasteiger partial charge >= 0.3 is 5.69 Å². The molecule has 0 radical (unpaired) electrons. The molecule has 4 aromatic carbocycles. The fourth-order valence-electron chi connectivity index (χ4n) is 7.11. The third-order valence-corrected chi connectivity index (χ3v) is 10.4. The average molecular weight is 724 g/mol. The summed E-state index contributed by atoms with van der Waals surface area (Å²) in [5.74, 6) is -0.247. The molecule has 8 rings (SSSR count). The summed E-state index contributed by atoms with van der Waals surface area (Å²) in [4.78, 5) is 16.8. The van der Waals surface area contributed by atoms with Crippen molar-refractivity contribution in [3.05, 3.63) is 149 Å². The molecule has 11 nitrogen and oxygen atoms in total. The zero-order valence-electron chi connectivity index (χ0n) is 30.7. The van der Waals surface area contributed by atoms with Crippen molar-refractivity contribution in [2.45, 2.75) is 57.6 Å². The standard InChI is InChI=1S/C43H45N7O4/c1-3-32(2)50-42(51)48(31-46-50)39-17-15-38(16-18-39)47-25-21-34(22-26-47)27-33-9-19-40(20-10-33)52-28-41-29-53-43(54-41,30-49-44-23-24-45-49)37-13-11-36(12-14-37)35-7-5-4-6-8-35/h4-20,23-24,27,31-32,41H,3,21-22,25-26,28-30H2,1-2H3/t32?,41-,43-/m1/s1. The van der Waals surface area contributed by atoms with Crippen LogP contribution in [0.4, 0.5) is 5.69 Å². The van der Waals surface area contributed by atoms with Gasteiger partial charge in [0.25, 0.3) is 0 Å². The van der Waals surface area contributed by atoms with Gasteiger partial charge in [-0.05, 0) is 79.3 Å². The molecule has 2 aliphatic heterocycles. The first kappa shape index (κ1) is 35.3. The van der Waals surface area contributed by atoms with E-state index in [0.29, 0.717) is 19.8 Å². The number of anilines is 1. The van der Waals surface area contributed by atoms with Crippen LogP contribution in [0.5, 0.6) is 5.75 Å². The Hall–Kier alpha value is -5.78. The highest BCUT2D eigenvalue weighted by molar-refractivity contribution is 5.63. The Bertz CT molecular complexity index is 2200. The number of ether oxygens (including phenoxy) is 3. The number of hydrogen-bond donors (Lipinski definition) is 0. The van der Waals surface area contributed by atoms with Crippen LogP contribution in [0.2, 0.25) is 0 Å². The van der Waals surface area contributed by atoms with Crippen LogP contribution in [-0.4, -0.2) is 61.7 Å². The minimum atomic E-state index is -1.03. The summed E-state index contributed by atoms with van der Waals surface area (Å²) in [6.07, 6.45) is 9.78. The molecule has 11 heteroatoms. The fourth-order valence-corrected chi connectivity index (χ4v) is 7.11. The minimum absolute atomic E-state index is 0.0716. The lowest BCUT2D eigenvalue weighted by Crippen LogP contribution is -2.35.